The number of halogens is 2. The van der Waals surface area contributed by atoms with Gasteiger partial charge in [-0.05, 0) is 51.8 Å². The van der Waals surface area contributed by atoms with Crippen LogP contribution in [0.25, 0.3) is 0 Å². The highest BCUT2D eigenvalue weighted by Gasteiger charge is 2.55. The fourth-order valence-corrected chi connectivity index (χ4v) is 5.53. The van der Waals surface area contributed by atoms with Crippen LogP contribution in [-0.4, -0.2) is 45.5 Å². The first kappa shape index (κ1) is 23.8. The van der Waals surface area contributed by atoms with E-state index in [0.717, 1.165) is 37.0 Å². The Morgan fingerprint density at radius 1 is 1.20 bits per heavy atom. The largest absolute Gasteiger partial charge is 0.452 e. The highest BCUT2D eigenvalue weighted by atomic mass is 35.5. The summed E-state index contributed by atoms with van der Waals surface area (Å²) in [5.41, 5.74) is 1.98. The number of nitrogens with zero attached hydrogens (tertiary/aromatic N) is 5. The van der Waals surface area contributed by atoms with Crippen molar-refractivity contribution in [3.63, 3.8) is 0 Å². The van der Waals surface area contributed by atoms with Crippen LogP contribution in [0.1, 0.15) is 64.5 Å². The van der Waals surface area contributed by atoms with Crippen molar-refractivity contribution in [1.82, 2.24) is 4.98 Å². The van der Waals surface area contributed by atoms with Gasteiger partial charge >= 0.3 is 5.97 Å². The smallest absolute Gasteiger partial charge is 0.394 e. The van der Waals surface area contributed by atoms with Crippen molar-refractivity contribution in [2.45, 2.75) is 70.4 Å². The van der Waals surface area contributed by atoms with Crippen LogP contribution in [0.15, 0.2) is 67.5 Å². The molecule has 2 aliphatic heterocycles. The maximum absolute atomic E-state index is 13.8. The predicted molar refractivity (Wildman–Crippen MR) is 133 cm³/mol. The Balaban J connectivity index is 1.56. The number of carbonyl (C=O) groups is 1. The first-order valence-electron chi connectivity index (χ1n) is 11.9. The van der Waals surface area contributed by atoms with Gasteiger partial charge in [0, 0.05) is 35.9 Å². The third-order valence-electron chi connectivity index (χ3n) is 6.85. The molecule has 0 spiro atoms. The van der Waals surface area contributed by atoms with Gasteiger partial charge in [0.25, 0.3) is 5.84 Å². The minimum absolute atomic E-state index is 0.00740. The fraction of sp³-hybridized carbons (Fsp3) is 0.423. The van der Waals surface area contributed by atoms with Gasteiger partial charge in [0.2, 0.25) is 18.0 Å². The molecule has 9 heteroatoms. The van der Waals surface area contributed by atoms with E-state index in [1.807, 2.05) is 32.9 Å². The average molecular weight is 497 g/mol. The first-order valence-corrected chi connectivity index (χ1v) is 12.3. The molecule has 1 unspecified atom stereocenters. The van der Waals surface area contributed by atoms with E-state index in [-0.39, 0.29) is 16.4 Å². The summed E-state index contributed by atoms with van der Waals surface area (Å²) in [7, 11) is 0. The zero-order chi connectivity index (χ0) is 24.8. The van der Waals surface area contributed by atoms with Crippen LogP contribution in [0.5, 0.6) is 0 Å². The topological polar surface area (TPSA) is 76.3 Å². The molecule has 1 atom stereocenters. The maximum atomic E-state index is 13.8. The van der Waals surface area contributed by atoms with Crippen LogP contribution in [-0.2, 0) is 9.53 Å². The summed E-state index contributed by atoms with van der Waals surface area (Å²) in [6.45, 7) is 5.56. The number of allylic oxidation sites excluding steroid dienone is 4. The van der Waals surface area contributed by atoms with Crippen molar-refractivity contribution in [1.29, 1.82) is 0 Å². The van der Waals surface area contributed by atoms with E-state index < -0.39 is 17.5 Å². The standard InChI is InChI=1S/C26H28ClFN5O2/c1-26(2,3)35-25(34)24-19-12-9-17(27)13-21(19)29-14-23-32-30-15-33(23,24)18-10-7-16(8-11-18)20-5-4-6-22(28)31-20/h4-6,9,13-16,18H,7-8,10-12H2,1-3H3/q+1. The van der Waals surface area contributed by atoms with Crippen molar-refractivity contribution in [2.24, 2.45) is 15.2 Å². The second-order valence-electron chi connectivity index (χ2n) is 10.3. The normalized spacial score (nSPS) is 28.0. The molecule has 4 aliphatic rings. The number of pyridine rings is 1. The third-order valence-corrected chi connectivity index (χ3v) is 7.12. The summed E-state index contributed by atoms with van der Waals surface area (Å²) >= 11 is 6.29. The van der Waals surface area contributed by atoms with Crippen LogP contribution in [0.3, 0.4) is 0 Å². The summed E-state index contributed by atoms with van der Waals surface area (Å²) in [4.78, 5) is 22.6. The van der Waals surface area contributed by atoms with E-state index in [4.69, 9.17) is 16.3 Å². The van der Waals surface area contributed by atoms with Gasteiger partial charge in [0.1, 0.15) is 17.9 Å². The molecule has 1 saturated carbocycles. The molecular weight excluding hydrogens is 469 g/mol. The van der Waals surface area contributed by atoms with Crippen molar-refractivity contribution in [2.75, 3.05) is 0 Å². The Labute approximate surface area is 209 Å². The molecule has 182 valence electrons. The van der Waals surface area contributed by atoms with Gasteiger partial charge in [0.05, 0.1) is 11.3 Å². The van der Waals surface area contributed by atoms with Gasteiger partial charge in [-0.15, -0.1) is 0 Å². The number of carbonyl (C=O) groups excluding carboxylic acids is 1. The molecule has 5 rings (SSSR count). The van der Waals surface area contributed by atoms with Gasteiger partial charge in [-0.3, -0.25) is 0 Å². The lowest BCUT2D eigenvalue weighted by molar-refractivity contribution is -0.723. The highest BCUT2D eigenvalue weighted by molar-refractivity contribution is 6.32. The Bertz CT molecular complexity index is 1250. The lowest BCUT2D eigenvalue weighted by Gasteiger charge is -2.41. The summed E-state index contributed by atoms with van der Waals surface area (Å²) in [5.74, 6) is -0.135. The number of aliphatic imine (C=N–C) groups is 1. The molecule has 2 aliphatic carbocycles. The minimum Gasteiger partial charge on any atom is -0.452 e. The van der Waals surface area contributed by atoms with Crippen LogP contribution >= 0.6 is 11.6 Å². The molecule has 0 aromatic carbocycles. The SMILES string of the molecule is CC(C)(C)OC(=O)C1=C2CC=C(Cl)C=C2N=CC2=NN=C[N+]21C1CCC(c2cccc(F)n2)CC1. The van der Waals surface area contributed by atoms with Crippen LogP contribution < -0.4 is 0 Å². The Hall–Kier alpha value is -2.97. The van der Waals surface area contributed by atoms with Crippen molar-refractivity contribution >= 4 is 36.0 Å². The van der Waals surface area contributed by atoms with Crippen LogP contribution in [0.4, 0.5) is 4.39 Å². The molecule has 0 amide bonds. The second kappa shape index (κ2) is 8.91. The lowest BCUT2D eigenvalue weighted by atomic mass is 9.81. The molecule has 3 heterocycles. The van der Waals surface area contributed by atoms with Gasteiger partial charge < -0.3 is 4.74 Å². The van der Waals surface area contributed by atoms with Crippen LogP contribution in [0.2, 0.25) is 0 Å². The quantitative estimate of drug-likeness (QED) is 0.314. The zero-order valence-electron chi connectivity index (χ0n) is 20.0. The molecule has 0 N–H and O–H groups in total. The van der Waals surface area contributed by atoms with Crippen molar-refractivity contribution in [3.8, 4) is 0 Å². The van der Waals surface area contributed by atoms with Gasteiger partial charge in [-0.2, -0.15) is 8.87 Å². The monoisotopic (exact) mass is 496 g/mol. The number of aromatic nitrogens is 1. The minimum atomic E-state index is -0.678. The highest BCUT2D eigenvalue weighted by Crippen LogP contribution is 2.44. The Morgan fingerprint density at radius 2 is 1.97 bits per heavy atom. The number of amidine groups is 1. The number of hydrogen-bond donors (Lipinski definition) is 0. The number of hydrogen-bond acceptors (Lipinski definition) is 6. The van der Waals surface area contributed by atoms with Gasteiger partial charge in [-0.1, -0.05) is 33.9 Å². The zero-order valence-corrected chi connectivity index (χ0v) is 20.8. The Kier molecular flexibility index (Phi) is 6.05. The average Bonchev–Trinajstić information content (AvgIpc) is 3.16. The van der Waals surface area contributed by atoms with Crippen molar-refractivity contribution in [3.05, 3.63) is 64.0 Å². The third kappa shape index (κ3) is 4.41. The molecular formula is C26H28ClFN5O2+. The molecule has 0 bridgehead atoms. The number of ether oxygens (including phenoxy) is 1. The molecule has 1 aromatic heterocycles. The van der Waals surface area contributed by atoms with E-state index in [2.05, 4.69) is 20.2 Å². The van der Waals surface area contributed by atoms with E-state index in [1.165, 1.54) is 6.07 Å². The van der Waals surface area contributed by atoms with E-state index >= 15 is 0 Å². The summed E-state index contributed by atoms with van der Waals surface area (Å²) in [6.07, 6.45) is 10.7. The predicted octanol–water partition coefficient (Wildman–Crippen LogP) is 5.51. The van der Waals surface area contributed by atoms with E-state index in [9.17, 15) is 9.18 Å². The number of fused-ring (bicyclic) bond motifs is 2. The fourth-order valence-electron chi connectivity index (χ4n) is 5.35. The molecule has 35 heavy (non-hydrogen) atoms. The van der Waals surface area contributed by atoms with E-state index in [0.29, 0.717) is 28.7 Å². The van der Waals surface area contributed by atoms with Crippen LogP contribution in [0, 0.1) is 5.95 Å². The molecule has 1 aromatic rings. The number of rotatable bonds is 3. The van der Waals surface area contributed by atoms with E-state index in [1.54, 1.807) is 24.7 Å². The maximum Gasteiger partial charge on any atom is 0.394 e. The summed E-state index contributed by atoms with van der Waals surface area (Å²) in [6, 6.07) is 4.94. The summed E-state index contributed by atoms with van der Waals surface area (Å²) in [5, 5.41) is 9.23. The molecule has 0 saturated heterocycles. The second-order valence-corrected chi connectivity index (χ2v) is 10.7. The molecule has 7 nitrogen and oxygen atoms in total. The number of esters is 1. The van der Waals surface area contributed by atoms with Crippen molar-refractivity contribution < 1.29 is 18.4 Å². The first-order chi connectivity index (χ1) is 16.7. The molecule has 1 fully saturated rings. The summed E-state index contributed by atoms with van der Waals surface area (Å²) < 4.78 is 19.7. The Morgan fingerprint density at radius 3 is 2.69 bits per heavy atom. The molecule has 0 radical (unpaired) electrons. The van der Waals surface area contributed by atoms with Gasteiger partial charge in [0.15, 0.2) is 0 Å². The number of quaternary nitrogens is 1. The lowest BCUT2D eigenvalue weighted by Crippen LogP contribution is -2.59. The van der Waals surface area contributed by atoms with Gasteiger partial charge in [-0.25, -0.2) is 14.8 Å².